The van der Waals surface area contributed by atoms with Gasteiger partial charge in [-0.15, -0.1) is 0 Å². The highest BCUT2D eigenvalue weighted by atomic mass is 79.9. The molecule has 1 aromatic rings. The molecule has 0 amide bonds. The standard InChI is InChI=1S/C13H19BrN2O2S/c1-2-16-8-4-6-12(16)10-15-19(17,18)13-7-3-5-11(14)9-13/h3,5,7,9,12,15H,2,4,6,8,10H2,1H3. The van der Waals surface area contributed by atoms with E-state index in [9.17, 15) is 8.42 Å². The molecular weight excluding hydrogens is 328 g/mol. The molecule has 0 bridgehead atoms. The predicted molar refractivity (Wildman–Crippen MR) is 79.6 cm³/mol. The molecule has 1 aliphatic heterocycles. The zero-order chi connectivity index (χ0) is 13.9. The summed E-state index contributed by atoms with van der Waals surface area (Å²) >= 11 is 3.29. The number of nitrogens with one attached hydrogen (secondary N) is 1. The summed E-state index contributed by atoms with van der Waals surface area (Å²) in [6.45, 7) is 4.65. The van der Waals surface area contributed by atoms with Crippen LogP contribution in [0.25, 0.3) is 0 Å². The van der Waals surface area contributed by atoms with E-state index in [4.69, 9.17) is 0 Å². The number of benzene rings is 1. The third-order valence-electron chi connectivity index (χ3n) is 3.52. The number of sulfonamides is 1. The van der Waals surface area contributed by atoms with Crippen molar-refractivity contribution in [2.75, 3.05) is 19.6 Å². The van der Waals surface area contributed by atoms with Gasteiger partial charge in [-0.05, 0) is 44.1 Å². The van der Waals surface area contributed by atoms with Crippen LogP contribution in [-0.4, -0.2) is 39.0 Å². The van der Waals surface area contributed by atoms with Gasteiger partial charge in [0.2, 0.25) is 10.0 Å². The summed E-state index contributed by atoms with van der Waals surface area (Å²) in [6, 6.07) is 7.10. The fourth-order valence-electron chi connectivity index (χ4n) is 2.47. The van der Waals surface area contributed by atoms with Gasteiger partial charge in [-0.1, -0.05) is 28.9 Å². The van der Waals surface area contributed by atoms with Crippen LogP contribution < -0.4 is 4.72 Å². The smallest absolute Gasteiger partial charge is 0.240 e. The molecule has 1 atom stereocenters. The molecule has 1 N–H and O–H groups in total. The van der Waals surface area contributed by atoms with Crippen LogP contribution >= 0.6 is 15.9 Å². The van der Waals surface area contributed by atoms with Crippen molar-refractivity contribution in [3.05, 3.63) is 28.7 Å². The second kappa shape index (κ2) is 6.35. The average Bonchev–Trinajstić information content (AvgIpc) is 2.84. The van der Waals surface area contributed by atoms with Crippen LogP contribution in [-0.2, 0) is 10.0 Å². The highest BCUT2D eigenvalue weighted by Gasteiger charge is 2.25. The van der Waals surface area contributed by atoms with Gasteiger partial charge in [0.05, 0.1) is 4.90 Å². The minimum atomic E-state index is -3.41. The summed E-state index contributed by atoms with van der Waals surface area (Å²) in [5.74, 6) is 0. The molecule has 4 nitrogen and oxygen atoms in total. The highest BCUT2D eigenvalue weighted by molar-refractivity contribution is 9.10. The number of nitrogens with zero attached hydrogens (tertiary/aromatic N) is 1. The molecule has 1 unspecified atom stereocenters. The van der Waals surface area contributed by atoms with Crippen LogP contribution in [0.3, 0.4) is 0 Å². The Morgan fingerprint density at radius 3 is 2.95 bits per heavy atom. The summed E-state index contributed by atoms with van der Waals surface area (Å²) < 4.78 is 27.9. The van der Waals surface area contributed by atoms with E-state index < -0.39 is 10.0 Å². The van der Waals surface area contributed by atoms with Crippen molar-refractivity contribution in [2.24, 2.45) is 0 Å². The third-order valence-corrected chi connectivity index (χ3v) is 5.44. The molecule has 0 spiro atoms. The maximum Gasteiger partial charge on any atom is 0.240 e. The minimum absolute atomic E-state index is 0.308. The fraction of sp³-hybridized carbons (Fsp3) is 0.538. The predicted octanol–water partition coefficient (Wildman–Crippen LogP) is 2.21. The molecule has 106 valence electrons. The lowest BCUT2D eigenvalue weighted by atomic mass is 10.2. The second-order valence-corrected chi connectivity index (χ2v) is 7.42. The normalized spacial score (nSPS) is 20.8. The zero-order valence-electron chi connectivity index (χ0n) is 11.0. The van der Waals surface area contributed by atoms with E-state index >= 15 is 0 Å². The van der Waals surface area contributed by atoms with Gasteiger partial charge in [-0.2, -0.15) is 0 Å². The number of hydrogen-bond acceptors (Lipinski definition) is 3. The van der Waals surface area contributed by atoms with Gasteiger partial charge >= 0.3 is 0 Å². The second-order valence-electron chi connectivity index (χ2n) is 4.73. The molecule has 0 aliphatic carbocycles. The lowest BCUT2D eigenvalue weighted by Crippen LogP contribution is -2.39. The molecule has 2 rings (SSSR count). The molecule has 1 heterocycles. The largest absolute Gasteiger partial charge is 0.299 e. The SMILES string of the molecule is CCN1CCCC1CNS(=O)(=O)c1cccc(Br)c1. The Labute approximate surface area is 123 Å². The summed E-state index contributed by atoms with van der Waals surface area (Å²) in [6.07, 6.45) is 2.21. The first-order valence-electron chi connectivity index (χ1n) is 6.52. The van der Waals surface area contributed by atoms with E-state index in [1.54, 1.807) is 18.2 Å². The van der Waals surface area contributed by atoms with E-state index in [0.717, 1.165) is 30.4 Å². The number of likely N-dealkylation sites (N-methyl/N-ethyl adjacent to an activating group) is 1. The van der Waals surface area contributed by atoms with E-state index in [-0.39, 0.29) is 0 Å². The topological polar surface area (TPSA) is 49.4 Å². The molecule has 1 saturated heterocycles. The molecule has 0 saturated carbocycles. The molecule has 19 heavy (non-hydrogen) atoms. The summed E-state index contributed by atoms with van der Waals surface area (Å²) in [7, 11) is -3.41. The highest BCUT2D eigenvalue weighted by Crippen LogP contribution is 2.18. The fourth-order valence-corrected chi connectivity index (χ4v) is 4.14. The van der Waals surface area contributed by atoms with Crippen molar-refractivity contribution < 1.29 is 8.42 Å². The first-order chi connectivity index (χ1) is 9.03. The molecular formula is C13H19BrN2O2S. The minimum Gasteiger partial charge on any atom is -0.299 e. The average molecular weight is 347 g/mol. The zero-order valence-corrected chi connectivity index (χ0v) is 13.4. The van der Waals surface area contributed by atoms with Crippen LogP contribution in [0.4, 0.5) is 0 Å². The van der Waals surface area contributed by atoms with Gasteiger partial charge < -0.3 is 0 Å². The van der Waals surface area contributed by atoms with Gasteiger partial charge in [0.15, 0.2) is 0 Å². The van der Waals surface area contributed by atoms with Gasteiger partial charge in [-0.3, -0.25) is 4.90 Å². The third kappa shape index (κ3) is 3.78. The maximum atomic E-state index is 12.2. The Balaban J connectivity index is 2.02. The van der Waals surface area contributed by atoms with Gasteiger partial charge in [-0.25, -0.2) is 13.1 Å². The summed E-state index contributed by atoms with van der Waals surface area (Å²) in [4.78, 5) is 2.63. The van der Waals surface area contributed by atoms with Crippen molar-refractivity contribution in [2.45, 2.75) is 30.7 Å². The number of halogens is 1. The quantitative estimate of drug-likeness (QED) is 0.889. The van der Waals surface area contributed by atoms with Crippen molar-refractivity contribution in [1.82, 2.24) is 9.62 Å². The van der Waals surface area contributed by atoms with E-state index in [2.05, 4.69) is 32.5 Å². The van der Waals surface area contributed by atoms with Crippen molar-refractivity contribution >= 4 is 26.0 Å². The Hall–Kier alpha value is -0.430. The number of rotatable bonds is 5. The monoisotopic (exact) mass is 346 g/mol. The maximum absolute atomic E-state index is 12.2. The molecule has 1 aliphatic rings. The van der Waals surface area contributed by atoms with Crippen LogP contribution in [0.1, 0.15) is 19.8 Å². The summed E-state index contributed by atoms with van der Waals surface area (Å²) in [5, 5.41) is 0. The Morgan fingerprint density at radius 2 is 2.26 bits per heavy atom. The lowest BCUT2D eigenvalue weighted by molar-refractivity contribution is 0.268. The molecule has 6 heteroatoms. The number of likely N-dealkylation sites (tertiary alicyclic amines) is 1. The van der Waals surface area contributed by atoms with Gasteiger partial charge in [0, 0.05) is 17.1 Å². The lowest BCUT2D eigenvalue weighted by Gasteiger charge is -2.22. The van der Waals surface area contributed by atoms with Gasteiger partial charge in [0.1, 0.15) is 0 Å². The van der Waals surface area contributed by atoms with Crippen molar-refractivity contribution in [3.63, 3.8) is 0 Å². The van der Waals surface area contributed by atoms with Crippen molar-refractivity contribution in [1.29, 1.82) is 0 Å². The Morgan fingerprint density at radius 1 is 1.47 bits per heavy atom. The first-order valence-corrected chi connectivity index (χ1v) is 8.80. The summed E-state index contributed by atoms with van der Waals surface area (Å²) in [5.41, 5.74) is 0. The van der Waals surface area contributed by atoms with Crippen LogP contribution in [0, 0.1) is 0 Å². The Bertz CT molecular complexity index is 533. The van der Waals surface area contributed by atoms with Crippen LogP contribution in [0.5, 0.6) is 0 Å². The van der Waals surface area contributed by atoms with E-state index in [1.807, 2.05) is 6.07 Å². The molecule has 0 radical (unpaired) electrons. The van der Waals surface area contributed by atoms with Crippen LogP contribution in [0.15, 0.2) is 33.6 Å². The van der Waals surface area contributed by atoms with Crippen molar-refractivity contribution in [3.8, 4) is 0 Å². The van der Waals surface area contributed by atoms with Gasteiger partial charge in [0.25, 0.3) is 0 Å². The molecule has 1 aromatic carbocycles. The molecule has 1 fully saturated rings. The number of hydrogen-bond donors (Lipinski definition) is 1. The van der Waals surface area contributed by atoms with E-state index in [1.165, 1.54) is 0 Å². The first kappa shape index (κ1) is 15.0. The molecule has 0 aromatic heterocycles. The van der Waals surface area contributed by atoms with E-state index in [0.29, 0.717) is 17.5 Å². The van der Waals surface area contributed by atoms with Crippen LogP contribution in [0.2, 0.25) is 0 Å². The Kier molecular flexibility index (Phi) is 5.00.